The fourth-order valence-electron chi connectivity index (χ4n) is 3.00. The Morgan fingerprint density at radius 1 is 1.09 bits per heavy atom. The highest BCUT2D eigenvalue weighted by Gasteiger charge is 2.29. The number of aromatic hydroxyl groups is 1. The average Bonchev–Trinajstić information content (AvgIpc) is 2.52. The van der Waals surface area contributed by atoms with Crippen LogP contribution in [0, 0.1) is 20.8 Å². The number of aryl methyl sites for hydroxylation is 3. The van der Waals surface area contributed by atoms with Crippen molar-refractivity contribution >= 4 is 26.5 Å². The number of phenols is 1. The van der Waals surface area contributed by atoms with Gasteiger partial charge in [0.1, 0.15) is 5.75 Å². The molecule has 23 heavy (non-hydrogen) atoms. The van der Waals surface area contributed by atoms with E-state index in [9.17, 15) is 5.11 Å². The molecule has 0 heterocycles. The first-order chi connectivity index (χ1) is 10.8. The van der Waals surface area contributed by atoms with Gasteiger partial charge in [-0.3, -0.25) is 0 Å². The summed E-state index contributed by atoms with van der Waals surface area (Å²) in [5, 5.41) is 11.9. The topological polar surface area (TPSA) is 20.2 Å². The Bertz CT molecular complexity index is 711. The summed E-state index contributed by atoms with van der Waals surface area (Å²) in [5.74, 6) is 1.20. The molecule has 2 unspecified atom stereocenters. The predicted molar refractivity (Wildman–Crippen MR) is 107 cm³/mol. The molecule has 0 aliphatic heterocycles. The van der Waals surface area contributed by atoms with Crippen molar-refractivity contribution in [2.75, 3.05) is 0 Å². The zero-order valence-corrected chi connectivity index (χ0v) is 16.6. The van der Waals surface area contributed by atoms with Crippen LogP contribution in [0.25, 0.3) is 0 Å². The molecule has 0 bridgehead atoms. The predicted octanol–water partition coefficient (Wildman–Crippen LogP) is 5.38. The molecule has 0 aliphatic rings. The van der Waals surface area contributed by atoms with Gasteiger partial charge in [0.25, 0.3) is 0 Å². The molecule has 0 aromatic heterocycles. The Morgan fingerprint density at radius 2 is 1.78 bits per heavy atom. The van der Waals surface area contributed by atoms with Gasteiger partial charge >= 0.3 is 0 Å². The minimum atomic E-state index is -0.0617. The van der Waals surface area contributed by atoms with Crippen LogP contribution in [0.5, 0.6) is 5.75 Å². The number of hydrogen-bond donors (Lipinski definition) is 2. The molecule has 2 rings (SSSR count). The highest BCUT2D eigenvalue weighted by atomic mass is 32.1. The zero-order chi connectivity index (χ0) is 17.2. The van der Waals surface area contributed by atoms with E-state index in [-0.39, 0.29) is 5.16 Å². The van der Waals surface area contributed by atoms with Crippen molar-refractivity contribution in [3.05, 3.63) is 58.1 Å². The van der Waals surface area contributed by atoms with Gasteiger partial charge in [-0.1, -0.05) is 63.9 Å². The quantitative estimate of drug-likeness (QED) is 0.550. The van der Waals surface area contributed by atoms with Crippen LogP contribution in [-0.2, 0) is 10.9 Å². The fourth-order valence-corrected chi connectivity index (χ4v) is 4.99. The third kappa shape index (κ3) is 3.92. The molecule has 3 heteroatoms. The Labute approximate surface area is 147 Å². The molecule has 0 amide bonds. The molecule has 2 aromatic carbocycles. The lowest BCUT2D eigenvalue weighted by molar-refractivity contribution is 0.452. The number of benzene rings is 2. The smallest absolute Gasteiger partial charge is 0.122 e. The molecule has 0 saturated carbocycles. The van der Waals surface area contributed by atoms with E-state index in [0.717, 1.165) is 23.3 Å². The molecule has 1 nitrogen and oxygen atoms in total. The van der Waals surface area contributed by atoms with Crippen LogP contribution in [0.3, 0.4) is 0 Å². The third-order valence-electron chi connectivity index (χ3n) is 4.59. The van der Waals surface area contributed by atoms with E-state index in [4.69, 9.17) is 0 Å². The summed E-state index contributed by atoms with van der Waals surface area (Å²) in [6.45, 7) is 10.7. The van der Waals surface area contributed by atoms with Crippen molar-refractivity contribution in [1.29, 1.82) is 0 Å². The summed E-state index contributed by atoms with van der Waals surface area (Å²) in [7, 11) is 0.608. The molecule has 0 aliphatic carbocycles. The third-order valence-corrected chi connectivity index (χ3v) is 6.86. The van der Waals surface area contributed by atoms with E-state index >= 15 is 0 Å². The molecular formula is C20H27OPS. The number of hydrogen-bond acceptors (Lipinski definition) is 2. The average molecular weight is 346 g/mol. The molecule has 0 radical (unpaired) electrons. The van der Waals surface area contributed by atoms with Crippen molar-refractivity contribution in [2.45, 2.75) is 51.9 Å². The van der Waals surface area contributed by atoms with Gasteiger partial charge in [-0.25, -0.2) is 0 Å². The Balaban J connectivity index is 2.50. The van der Waals surface area contributed by atoms with Crippen LogP contribution in [0.4, 0.5) is 0 Å². The first kappa shape index (κ1) is 18.4. The van der Waals surface area contributed by atoms with Gasteiger partial charge in [0.05, 0.1) is 0 Å². The van der Waals surface area contributed by atoms with Gasteiger partial charge in [-0.2, -0.15) is 12.6 Å². The van der Waals surface area contributed by atoms with E-state index in [1.54, 1.807) is 0 Å². The standard InChI is InChI=1S/C20H27OPS/c1-6-20(5,17-11-14(3)9-15(4)19(17)21)22-18-8-7-13(2)10-16(18)12-23/h7-11,21-23H,6,12H2,1-5H3. The first-order valence-electron chi connectivity index (χ1n) is 8.10. The summed E-state index contributed by atoms with van der Waals surface area (Å²) >= 11 is 4.50. The van der Waals surface area contributed by atoms with Crippen LogP contribution in [0.1, 0.15) is 48.1 Å². The van der Waals surface area contributed by atoms with Gasteiger partial charge in [-0.15, -0.1) is 0 Å². The van der Waals surface area contributed by atoms with Gasteiger partial charge < -0.3 is 5.11 Å². The molecule has 0 saturated heterocycles. The molecule has 1 N–H and O–H groups in total. The second-order valence-corrected chi connectivity index (χ2v) is 8.82. The maximum absolute atomic E-state index is 10.6. The maximum atomic E-state index is 10.6. The van der Waals surface area contributed by atoms with Crippen LogP contribution in [0.2, 0.25) is 0 Å². The second-order valence-electron chi connectivity index (χ2n) is 6.61. The van der Waals surface area contributed by atoms with Crippen molar-refractivity contribution < 1.29 is 5.11 Å². The Kier molecular flexibility index (Phi) is 5.81. The minimum absolute atomic E-state index is 0.0617. The van der Waals surface area contributed by atoms with E-state index in [1.807, 2.05) is 13.0 Å². The summed E-state index contributed by atoms with van der Waals surface area (Å²) in [6, 6.07) is 10.8. The zero-order valence-electron chi connectivity index (χ0n) is 14.7. The van der Waals surface area contributed by atoms with Crippen molar-refractivity contribution in [3.63, 3.8) is 0 Å². The largest absolute Gasteiger partial charge is 0.507 e. The number of rotatable bonds is 5. The van der Waals surface area contributed by atoms with Crippen molar-refractivity contribution in [1.82, 2.24) is 0 Å². The maximum Gasteiger partial charge on any atom is 0.122 e. The molecule has 2 atom stereocenters. The van der Waals surface area contributed by atoms with E-state index in [0.29, 0.717) is 14.3 Å². The van der Waals surface area contributed by atoms with Gasteiger partial charge in [-0.05, 0) is 43.6 Å². The van der Waals surface area contributed by atoms with Gasteiger partial charge in [0.2, 0.25) is 0 Å². The highest BCUT2D eigenvalue weighted by molar-refractivity contribution is 7.79. The van der Waals surface area contributed by atoms with E-state index < -0.39 is 0 Å². The van der Waals surface area contributed by atoms with E-state index in [1.165, 1.54) is 22.0 Å². The van der Waals surface area contributed by atoms with Crippen LogP contribution in [-0.4, -0.2) is 5.11 Å². The van der Waals surface area contributed by atoms with Gasteiger partial charge in [0.15, 0.2) is 0 Å². The highest BCUT2D eigenvalue weighted by Crippen LogP contribution is 2.48. The lowest BCUT2D eigenvalue weighted by Crippen LogP contribution is -2.20. The molecule has 2 aromatic rings. The van der Waals surface area contributed by atoms with Crippen molar-refractivity contribution in [3.8, 4) is 5.75 Å². The monoisotopic (exact) mass is 346 g/mol. The summed E-state index contributed by atoms with van der Waals surface area (Å²) in [6.07, 6.45) is 0.988. The molecule has 124 valence electrons. The van der Waals surface area contributed by atoms with E-state index in [2.05, 4.69) is 64.6 Å². The molecular weight excluding hydrogens is 319 g/mol. The van der Waals surface area contributed by atoms with Crippen molar-refractivity contribution in [2.24, 2.45) is 0 Å². The number of thiol groups is 1. The summed E-state index contributed by atoms with van der Waals surface area (Å²) in [5.41, 5.74) is 5.81. The Hall–Kier alpha value is -0.980. The summed E-state index contributed by atoms with van der Waals surface area (Å²) in [4.78, 5) is 0. The molecule has 0 fully saturated rings. The first-order valence-corrected chi connectivity index (χ1v) is 9.73. The SMILES string of the molecule is CCC(C)(Pc1ccc(C)cc1CS)c1cc(C)cc(C)c1O. The fraction of sp³-hybridized carbons (Fsp3) is 0.400. The van der Waals surface area contributed by atoms with Crippen LogP contribution < -0.4 is 5.30 Å². The lowest BCUT2D eigenvalue weighted by atomic mass is 9.93. The lowest BCUT2D eigenvalue weighted by Gasteiger charge is -2.31. The van der Waals surface area contributed by atoms with Crippen LogP contribution >= 0.6 is 21.2 Å². The van der Waals surface area contributed by atoms with Gasteiger partial charge in [0, 0.05) is 16.5 Å². The molecule has 0 spiro atoms. The minimum Gasteiger partial charge on any atom is -0.507 e. The second kappa shape index (κ2) is 7.28. The normalized spacial score (nSPS) is 14.3. The number of phenolic OH excluding ortho intramolecular Hbond substituents is 1. The Morgan fingerprint density at radius 3 is 2.39 bits per heavy atom. The summed E-state index contributed by atoms with van der Waals surface area (Å²) < 4.78 is 0. The van der Waals surface area contributed by atoms with Crippen LogP contribution in [0.15, 0.2) is 30.3 Å².